The first-order valence-corrected chi connectivity index (χ1v) is 9.19. The Balaban J connectivity index is 1.82. The molecular weight excluding hydrogens is 366 g/mol. The third kappa shape index (κ3) is 4.32. The van der Waals surface area contributed by atoms with Crippen LogP contribution in [0.1, 0.15) is 15.6 Å². The van der Waals surface area contributed by atoms with Crippen LogP contribution >= 0.6 is 11.3 Å². The first-order chi connectivity index (χ1) is 13.2. The average Bonchev–Trinajstić information content (AvgIpc) is 3.05. The van der Waals surface area contributed by atoms with Gasteiger partial charge in [-0.25, -0.2) is 9.97 Å². The highest BCUT2D eigenvalue weighted by Gasteiger charge is 2.15. The van der Waals surface area contributed by atoms with Gasteiger partial charge in [-0.05, 0) is 19.1 Å². The van der Waals surface area contributed by atoms with Crippen molar-refractivity contribution in [2.75, 3.05) is 26.1 Å². The first kappa shape index (κ1) is 19.0. The summed E-state index contributed by atoms with van der Waals surface area (Å²) in [6.07, 6.45) is 2.18. The number of aromatic nitrogens is 4. The summed E-state index contributed by atoms with van der Waals surface area (Å²) in [4.78, 5) is 10.1. The summed E-state index contributed by atoms with van der Waals surface area (Å²) in [5.74, 6) is 1.67. The minimum Gasteiger partial charge on any atom is -0.496 e. The topological polar surface area (TPSA) is 102 Å². The number of hydrogen-bond acceptors (Lipinski definition) is 9. The second-order valence-electron chi connectivity index (χ2n) is 5.65. The molecule has 2 aromatic heterocycles. The van der Waals surface area contributed by atoms with Gasteiger partial charge in [0.05, 0.1) is 38.2 Å². The summed E-state index contributed by atoms with van der Waals surface area (Å²) in [6, 6.07) is 5.53. The van der Waals surface area contributed by atoms with Gasteiger partial charge in [-0.15, -0.1) is 16.4 Å². The number of hydrogen-bond donors (Lipinski definition) is 2. The second kappa shape index (κ2) is 8.74. The second-order valence-corrected chi connectivity index (χ2v) is 6.81. The number of nitrogens with zero attached hydrogens (tertiary/aromatic N) is 4. The molecule has 0 saturated heterocycles. The number of ether oxygens (including phenoxy) is 2. The van der Waals surface area contributed by atoms with Crippen LogP contribution in [0.25, 0.3) is 11.3 Å². The Hall–Kier alpha value is -2.78. The predicted molar refractivity (Wildman–Crippen MR) is 103 cm³/mol. The molecule has 2 N–H and O–H groups in total. The minimum absolute atomic E-state index is 0.117. The quantitative estimate of drug-likeness (QED) is 0.608. The van der Waals surface area contributed by atoms with Crippen molar-refractivity contribution < 1.29 is 14.6 Å². The van der Waals surface area contributed by atoms with Crippen molar-refractivity contribution in [2.24, 2.45) is 0 Å². The fraction of sp³-hybridized carbons (Fsp3) is 0.333. The van der Waals surface area contributed by atoms with E-state index < -0.39 is 0 Å². The van der Waals surface area contributed by atoms with Crippen LogP contribution in [0.4, 0.5) is 5.95 Å². The minimum atomic E-state index is 0.117. The maximum Gasteiger partial charge on any atom is 0.243 e. The molecule has 0 fully saturated rings. The van der Waals surface area contributed by atoms with Gasteiger partial charge in [0, 0.05) is 17.9 Å². The highest BCUT2D eigenvalue weighted by Crippen LogP contribution is 2.36. The SMILES string of the molecule is COc1cccc(OC)c1-c1cnnc(NCc2nc(C)c(CCO)s2)n1. The number of aliphatic hydroxyl groups excluding tert-OH is 1. The average molecular weight is 387 g/mol. The zero-order valence-corrected chi connectivity index (χ0v) is 16.2. The van der Waals surface area contributed by atoms with Crippen molar-refractivity contribution in [3.63, 3.8) is 0 Å². The molecule has 0 aliphatic carbocycles. The van der Waals surface area contributed by atoms with E-state index in [1.54, 1.807) is 31.8 Å². The van der Waals surface area contributed by atoms with Crippen LogP contribution in [-0.2, 0) is 13.0 Å². The number of aryl methyl sites for hydroxylation is 1. The molecule has 27 heavy (non-hydrogen) atoms. The maximum absolute atomic E-state index is 9.10. The number of thiazole rings is 1. The monoisotopic (exact) mass is 387 g/mol. The zero-order chi connectivity index (χ0) is 19.2. The zero-order valence-electron chi connectivity index (χ0n) is 15.4. The van der Waals surface area contributed by atoms with Crippen LogP contribution in [-0.4, -0.2) is 46.1 Å². The molecule has 9 heteroatoms. The van der Waals surface area contributed by atoms with E-state index in [2.05, 4.69) is 25.5 Å². The van der Waals surface area contributed by atoms with E-state index in [9.17, 15) is 0 Å². The molecule has 142 valence electrons. The maximum atomic E-state index is 9.10. The van der Waals surface area contributed by atoms with Gasteiger partial charge in [0.1, 0.15) is 22.2 Å². The molecular formula is C18H21N5O3S. The van der Waals surface area contributed by atoms with Crippen molar-refractivity contribution in [1.29, 1.82) is 0 Å². The Morgan fingerprint density at radius 3 is 2.56 bits per heavy atom. The van der Waals surface area contributed by atoms with Gasteiger partial charge in [-0.3, -0.25) is 0 Å². The summed E-state index contributed by atoms with van der Waals surface area (Å²) in [6.45, 7) is 2.54. The van der Waals surface area contributed by atoms with Crippen molar-refractivity contribution in [3.8, 4) is 22.8 Å². The Morgan fingerprint density at radius 2 is 1.89 bits per heavy atom. The lowest BCUT2D eigenvalue weighted by Gasteiger charge is -2.12. The molecule has 0 atom stereocenters. The fourth-order valence-corrected chi connectivity index (χ4v) is 3.65. The van der Waals surface area contributed by atoms with Crippen molar-refractivity contribution >= 4 is 17.3 Å². The highest BCUT2D eigenvalue weighted by molar-refractivity contribution is 7.11. The molecule has 8 nitrogen and oxygen atoms in total. The van der Waals surface area contributed by atoms with E-state index in [4.69, 9.17) is 14.6 Å². The summed E-state index contributed by atoms with van der Waals surface area (Å²) in [7, 11) is 3.20. The Labute approximate surface area is 161 Å². The van der Waals surface area contributed by atoms with Gasteiger partial charge in [0.2, 0.25) is 5.95 Å². The number of methoxy groups -OCH3 is 2. The van der Waals surface area contributed by atoms with Gasteiger partial charge in [-0.1, -0.05) is 6.07 Å². The number of rotatable bonds is 8. The smallest absolute Gasteiger partial charge is 0.243 e. The molecule has 1 aromatic carbocycles. The van der Waals surface area contributed by atoms with E-state index in [1.165, 1.54) is 0 Å². The standard InChI is InChI=1S/C18H21N5O3S/c1-11-15(7-8-24)27-16(21-11)10-19-18-22-12(9-20-23-18)17-13(25-2)5-4-6-14(17)26-3/h4-6,9,24H,7-8,10H2,1-3H3,(H,19,22,23). The lowest BCUT2D eigenvalue weighted by molar-refractivity contribution is 0.300. The Kier molecular flexibility index (Phi) is 6.15. The number of anilines is 1. The fourth-order valence-electron chi connectivity index (χ4n) is 2.65. The molecule has 3 rings (SSSR count). The molecule has 0 spiro atoms. The molecule has 2 heterocycles. The lowest BCUT2D eigenvalue weighted by Crippen LogP contribution is -2.05. The molecule has 0 unspecified atom stereocenters. The van der Waals surface area contributed by atoms with Gasteiger partial charge in [0.25, 0.3) is 0 Å². The highest BCUT2D eigenvalue weighted by atomic mass is 32.1. The van der Waals surface area contributed by atoms with Crippen LogP contribution in [0.2, 0.25) is 0 Å². The molecule has 3 aromatic rings. The van der Waals surface area contributed by atoms with E-state index in [0.717, 1.165) is 21.1 Å². The molecule has 0 saturated carbocycles. The molecule has 0 aliphatic rings. The molecule has 0 amide bonds. The Morgan fingerprint density at radius 1 is 1.15 bits per heavy atom. The molecule has 0 radical (unpaired) electrons. The Bertz CT molecular complexity index is 894. The molecule has 0 aliphatic heterocycles. The largest absolute Gasteiger partial charge is 0.496 e. The third-order valence-electron chi connectivity index (χ3n) is 3.92. The van der Waals surface area contributed by atoms with Gasteiger partial charge in [-0.2, -0.15) is 5.10 Å². The van der Waals surface area contributed by atoms with Crippen LogP contribution in [0.3, 0.4) is 0 Å². The summed E-state index contributed by atoms with van der Waals surface area (Å²) in [5.41, 5.74) is 2.26. The van der Waals surface area contributed by atoms with Crippen molar-refractivity contribution in [3.05, 3.63) is 40.0 Å². The lowest BCUT2D eigenvalue weighted by atomic mass is 10.1. The van der Waals surface area contributed by atoms with E-state index >= 15 is 0 Å². The summed E-state index contributed by atoms with van der Waals surface area (Å²) < 4.78 is 10.9. The normalized spacial score (nSPS) is 10.7. The van der Waals surface area contributed by atoms with Crippen LogP contribution in [0.15, 0.2) is 24.4 Å². The van der Waals surface area contributed by atoms with Crippen LogP contribution < -0.4 is 14.8 Å². The summed E-state index contributed by atoms with van der Waals surface area (Å²) >= 11 is 1.57. The van der Waals surface area contributed by atoms with Crippen LogP contribution in [0.5, 0.6) is 11.5 Å². The number of benzene rings is 1. The predicted octanol–water partition coefficient (Wildman–Crippen LogP) is 2.47. The number of aliphatic hydroxyl groups is 1. The van der Waals surface area contributed by atoms with E-state index in [-0.39, 0.29) is 6.61 Å². The van der Waals surface area contributed by atoms with E-state index in [1.807, 2.05) is 25.1 Å². The van der Waals surface area contributed by atoms with Gasteiger partial charge < -0.3 is 19.9 Å². The third-order valence-corrected chi connectivity index (χ3v) is 5.13. The van der Waals surface area contributed by atoms with Crippen molar-refractivity contribution in [2.45, 2.75) is 19.9 Å². The van der Waals surface area contributed by atoms with Gasteiger partial charge >= 0.3 is 0 Å². The summed E-state index contributed by atoms with van der Waals surface area (Å²) in [5, 5.41) is 21.2. The first-order valence-electron chi connectivity index (χ1n) is 8.37. The van der Waals surface area contributed by atoms with Crippen molar-refractivity contribution in [1.82, 2.24) is 20.2 Å². The van der Waals surface area contributed by atoms with Crippen LogP contribution in [0, 0.1) is 6.92 Å². The van der Waals surface area contributed by atoms with E-state index in [0.29, 0.717) is 36.1 Å². The number of nitrogens with one attached hydrogen (secondary N) is 1. The van der Waals surface area contributed by atoms with Gasteiger partial charge in [0.15, 0.2) is 0 Å². The molecule has 0 bridgehead atoms.